The first-order valence-corrected chi connectivity index (χ1v) is 11.7. The molecule has 1 heterocycles. The zero-order chi connectivity index (χ0) is 25.7. The Morgan fingerprint density at radius 1 is 1.00 bits per heavy atom. The van der Waals surface area contributed by atoms with Gasteiger partial charge in [0.05, 0.1) is 17.2 Å². The van der Waals surface area contributed by atoms with Gasteiger partial charge in [-0.1, -0.05) is 35.9 Å². The summed E-state index contributed by atoms with van der Waals surface area (Å²) < 4.78 is 59.8. The molecule has 36 heavy (non-hydrogen) atoms. The summed E-state index contributed by atoms with van der Waals surface area (Å²) in [6, 6.07) is 14.5. The van der Waals surface area contributed by atoms with Crippen molar-refractivity contribution in [3.8, 4) is 34.1 Å². The molecule has 0 saturated heterocycles. The van der Waals surface area contributed by atoms with E-state index in [2.05, 4.69) is 0 Å². The minimum Gasteiger partial charge on any atom is -0.493 e. The van der Waals surface area contributed by atoms with Crippen LogP contribution in [-0.2, 0) is 6.61 Å². The molecular weight excluding hydrogens is 497 g/mol. The van der Waals surface area contributed by atoms with E-state index in [1.54, 1.807) is 0 Å². The maximum absolute atomic E-state index is 12.4. The minimum absolute atomic E-state index is 0.119. The zero-order valence-electron chi connectivity index (χ0n) is 19.5. The van der Waals surface area contributed by atoms with Gasteiger partial charge in [0.2, 0.25) is 0 Å². The monoisotopic (exact) mass is 520 g/mol. The molecule has 1 aliphatic rings. The highest BCUT2D eigenvalue weighted by molar-refractivity contribution is 6.32. The molecule has 0 bridgehead atoms. The summed E-state index contributed by atoms with van der Waals surface area (Å²) in [5, 5.41) is 0.195. The lowest BCUT2D eigenvalue weighted by molar-refractivity contribution is -0.136. The van der Waals surface area contributed by atoms with Crippen molar-refractivity contribution >= 4 is 17.9 Å². The van der Waals surface area contributed by atoms with Gasteiger partial charge in [-0.25, -0.2) is 0 Å². The van der Waals surface area contributed by atoms with Crippen LogP contribution >= 0.6 is 11.6 Å². The van der Waals surface area contributed by atoms with Crippen molar-refractivity contribution in [2.24, 2.45) is 0 Å². The molecular formula is C27H24ClF3O5. The average Bonchev–Trinajstić information content (AvgIpc) is 2.86. The van der Waals surface area contributed by atoms with Crippen molar-refractivity contribution in [3.63, 3.8) is 0 Å². The predicted molar refractivity (Wildman–Crippen MR) is 130 cm³/mol. The molecule has 0 amide bonds. The van der Waals surface area contributed by atoms with E-state index in [1.807, 2.05) is 43.3 Å². The van der Waals surface area contributed by atoms with Crippen molar-refractivity contribution in [2.45, 2.75) is 32.5 Å². The molecule has 4 rings (SSSR count). The van der Waals surface area contributed by atoms with E-state index in [0.717, 1.165) is 22.3 Å². The summed E-state index contributed by atoms with van der Waals surface area (Å²) in [5.74, 6) is 1.79. The highest BCUT2D eigenvalue weighted by atomic mass is 35.5. The number of ether oxygens (including phenoxy) is 4. The van der Waals surface area contributed by atoms with Gasteiger partial charge in [-0.3, -0.25) is 4.79 Å². The van der Waals surface area contributed by atoms with Gasteiger partial charge in [0.25, 0.3) is 0 Å². The highest BCUT2D eigenvalue weighted by Gasteiger charge is 2.26. The molecule has 0 spiro atoms. The van der Waals surface area contributed by atoms with Gasteiger partial charge in [-0.2, -0.15) is 13.2 Å². The van der Waals surface area contributed by atoms with Gasteiger partial charge >= 0.3 is 6.18 Å². The van der Waals surface area contributed by atoms with Crippen molar-refractivity contribution in [2.75, 3.05) is 19.8 Å². The minimum atomic E-state index is -4.27. The summed E-state index contributed by atoms with van der Waals surface area (Å²) in [6.45, 7) is 2.99. The van der Waals surface area contributed by atoms with E-state index in [9.17, 15) is 18.0 Å². The Morgan fingerprint density at radius 3 is 2.53 bits per heavy atom. The van der Waals surface area contributed by atoms with Gasteiger partial charge in [-0.05, 0) is 53.8 Å². The third-order valence-corrected chi connectivity index (χ3v) is 6.03. The molecule has 5 nitrogen and oxygen atoms in total. The first-order chi connectivity index (χ1) is 17.2. The number of rotatable bonds is 9. The number of alkyl halides is 3. The Kier molecular flexibility index (Phi) is 7.94. The van der Waals surface area contributed by atoms with E-state index in [1.165, 1.54) is 12.1 Å². The van der Waals surface area contributed by atoms with Crippen molar-refractivity contribution in [3.05, 3.63) is 70.2 Å². The fraction of sp³-hybridized carbons (Fsp3) is 0.296. The summed E-state index contributed by atoms with van der Waals surface area (Å²) in [6.07, 6.45) is -4.93. The second-order valence-electron chi connectivity index (χ2n) is 8.24. The van der Waals surface area contributed by atoms with Gasteiger partial charge < -0.3 is 18.9 Å². The smallest absolute Gasteiger partial charge is 0.389 e. The van der Waals surface area contributed by atoms with Gasteiger partial charge in [0.1, 0.15) is 31.3 Å². The van der Waals surface area contributed by atoms with E-state index in [4.69, 9.17) is 30.5 Å². The van der Waals surface area contributed by atoms with Crippen molar-refractivity contribution in [1.29, 1.82) is 0 Å². The second kappa shape index (κ2) is 11.1. The largest absolute Gasteiger partial charge is 0.493 e. The third-order valence-electron chi connectivity index (χ3n) is 5.74. The predicted octanol–water partition coefficient (Wildman–Crippen LogP) is 7.20. The molecule has 0 aliphatic carbocycles. The molecule has 0 fully saturated rings. The molecule has 190 valence electrons. The molecule has 0 unspecified atom stereocenters. The maximum Gasteiger partial charge on any atom is 0.389 e. The van der Waals surface area contributed by atoms with Crippen LogP contribution in [-0.4, -0.2) is 32.3 Å². The van der Waals surface area contributed by atoms with Crippen LogP contribution in [0.1, 0.15) is 34.3 Å². The van der Waals surface area contributed by atoms with Crippen molar-refractivity contribution in [1.82, 2.24) is 0 Å². The summed E-state index contributed by atoms with van der Waals surface area (Å²) in [4.78, 5) is 11.4. The fourth-order valence-corrected chi connectivity index (χ4v) is 4.08. The van der Waals surface area contributed by atoms with E-state index in [-0.39, 0.29) is 41.7 Å². The first-order valence-electron chi connectivity index (χ1n) is 11.3. The normalized spacial score (nSPS) is 12.8. The van der Waals surface area contributed by atoms with Crippen LogP contribution in [0.2, 0.25) is 5.02 Å². The molecule has 1 aliphatic heterocycles. The maximum atomic E-state index is 12.4. The third kappa shape index (κ3) is 6.23. The van der Waals surface area contributed by atoms with E-state index in [0.29, 0.717) is 31.0 Å². The Balaban J connectivity index is 1.49. The van der Waals surface area contributed by atoms with Crippen LogP contribution < -0.4 is 18.9 Å². The number of carbonyl (C=O) groups is 1. The van der Waals surface area contributed by atoms with Crippen molar-refractivity contribution < 1.29 is 36.9 Å². The molecule has 9 heteroatoms. The van der Waals surface area contributed by atoms with Gasteiger partial charge in [0, 0.05) is 12.5 Å². The lowest BCUT2D eigenvalue weighted by Crippen LogP contribution is -2.15. The topological polar surface area (TPSA) is 54.0 Å². The van der Waals surface area contributed by atoms with Gasteiger partial charge in [-0.15, -0.1) is 0 Å². The molecule has 0 radical (unpaired) electrons. The van der Waals surface area contributed by atoms with Gasteiger partial charge in [0.15, 0.2) is 17.8 Å². The summed E-state index contributed by atoms with van der Waals surface area (Å²) in [7, 11) is 0. The van der Waals surface area contributed by atoms with E-state index >= 15 is 0 Å². The van der Waals surface area contributed by atoms with Crippen LogP contribution in [0.4, 0.5) is 13.2 Å². The first kappa shape index (κ1) is 25.7. The number of fused-ring (bicyclic) bond motifs is 1. The van der Waals surface area contributed by atoms with Crippen LogP contribution in [0.5, 0.6) is 23.0 Å². The van der Waals surface area contributed by atoms with Crippen LogP contribution in [0, 0.1) is 6.92 Å². The summed E-state index contributed by atoms with van der Waals surface area (Å²) >= 11 is 6.29. The Labute approximate surface area is 211 Å². The second-order valence-corrected chi connectivity index (χ2v) is 8.65. The number of hydrogen-bond acceptors (Lipinski definition) is 5. The lowest BCUT2D eigenvalue weighted by atomic mass is 9.96. The standard InChI is InChI=1S/C27H24ClF3O5/c1-17-19(4-2-5-21(17)18-6-7-23-26(13-18)35-11-10-34-23)16-36-25-14-24(20(15-32)12-22(25)28)33-9-3-8-27(29,30)31/h2,4-7,12-15H,3,8-11,16H2,1H3. The molecule has 0 saturated carbocycles. The van der Waals surface area contributed by atoms with E-state index < -0.39 is 12.6 Å². The number of halogens is 4. The summed E-state index contributed by atoms with van der Waals surface area (Å²) in [5.41, 5.74) is 4.02. The fourth-order valence-electron chi connectivity index (χ4n) is 3.85. The quantitative estimate of drug-likeness (QED) is 0.220. The molecule has 3 aromatic carbocycles. The molecule has 3 aromatic rings. The number of aldehydes is 1. The zero-order valence-corrected chi connectivity index (χ0v) is 20.2. The average molecular weight is 521 g/mol. The molecule has 0 atom stereocenters. The van der Waals surface area contributed by atoms with Crippen LogP contribution in [0.25, 0.3) is 11.1 Å². The number of carbonyl (C=O) groups excluding carboxylic acids is 1. The SMILES string of the molecule is Cc1c(COc2cc(OCCCC(F)(F)F)c(C=O)cc2Cl)cccc1-c1ccc2c(c1)OCCO2. The van der Waals surface area contributed by atoms with Crippen LogP contribution in [0.15, 0.2) is 48.5 Å². The molecule has 0 aromatic heterocycles. The lowest BCUT2D eigenvalue weighted by Gasteiger charge is -2.20. The molecule has 0 N–H and O–H groups in total. The highest BCUT2D eigenvalue weighted by Crippen LogP contribution is 2.37. The number of hydrogen-bond donors (Lipinski definition) is 0. The Morgan fingerprint density at radius 2 is 1.78 bits per heavy atom. The Hall–Kier alpha value is -3.39. The Bertz CT molecular complexity index is 1240. The number of benzene rings is 3. The van der Waals surface area contributed by atoms with Crippen LogP contribution in [0.3, 0.4) is 0 Å².